The second-order valence-electron chi connectivity index (χ2n) is 5.58. The summed E-state index contributed by atoms with van der Waals surface area (Å²) >= 11 is 0. The van der Waals surface area contributed by atoms with Gasteiger partial charge in [-0.1, -0.05) is 35.9 Å². The Labute approximate surface area is 125 Å². The van der Waals surface area contributed by atoms with Crippen molar-refractivity contribution in [2.45, 2.75) is 26.4 Å². The van der Waals surface area contributed by atoms with Gasteiger partial charge >= 0.3 is 0 Å². The van der Waals surface area contributed by atoms with E-state index in [-0.39, 0.29) is 6.10 Å². The van der Waals surface area contributed by atoms with Gasteiger partial charge in [-0.3, -0.25) is 0 Å². The molecule has 1 aliphatic heterocycles. The van der Waals surface area contributed by atoms with Crippen LogP contribution in [0.1, 0.15) is 17.5 Å². The first-order valence-corrected chi connectivity index (χ1v) is 7.39. The summed E-state index contributed by atoms with van der Waals surface area (Å²) in [5.41, 5.74) is 10.4. The highest BCUT2D eigenvalue weighted by molar-refractivity contribution is 5.76. The number of aryl methyl sites for hydroxylation is 2. The van der Waals surface area contributed by atoms with E-state index in [2.05, 4.69) is 38.1 Å². The second-order valence-corrected chi connectivity index (χ2v) is 5.58. The van der Waals surface area contributed by atoms with Crippen molar-refractivity contribution in [1.29, 1.82) is 0 Å². The highest BCUT2D eigenvalue weighted by Gasteiger charge is 2.24. The molecule has 0 aromatic heterocycles. The fourth-order valence-electron chi connectivity index (χ4n) is 2.70. The normalized spacial score (nSPS) is 16.8. The van der Waals surface area contributed by atoms with Gasteiger partial charge < -0.3 is 15.2 Å². The fraction of sp³-hybridized carbons (Fsp3) is 0.333. The first-order chi connectivity index (χ1) is 10.2. The van der Waals surface area contributed by atoms with E-state index in [1.165, 1.54) is 16.7 Å². The van der Waals surface area contributed by atoms with E-state index in [4.69, 9.17) is 15.2 Å². The first kappa shape index (κ1) is 14.0. The molecule has 0 bridgehead atoms. The van der Waals surface area contributed by atoms with Gasteiger partial charge in [0.15, 0.2) is 11.5 Å². The number of hydrogen-bond acceptors (Lipinski definition) is 3. The Bertz CT molecular complexity index is 652. The molecule has 1 heterocycles. The van der Waals surface area contributed by atoms with Crippen LogP contribution in [0, 0.1) is 13.8 Å². The molecule has 1 unspecified atom stereocenters. The average Bonchev–Trinajstić information content (AvgIpc) is 2.49. The van der Waals surface area contributed by atoms with Gasteiger partial charge in [0.2, 0.25) is 0 Å². The smallest absolute Gasteiger partial charge is 0.169 e. The van der Waals surface area contributed by atoms with Crippen LogP contribution in [0.3, 0.4) is 0 Å². The lowest BCUT2D eigenvalue weighted by atomic mass is 9.97. The monoisotopic (exact) mass is 283 g/mol. The topological polar surface area (TPSA) is 44.5 Å². The van der Waals surface area contributed by atoms with E-state index in [0.29, 0.717) is 13.2 Å². The van der Waals surface area contributed by atoms with Gasteiger partial charge in [-0.15, -0.1) is 0 Å². The highest BCUT2D eigenvalue weighted by Crippen LogP contribution is 2.42. The van der Waals surface area contributed by atoms with Gasteiger partial charge in [0.05, 0.1) is 0 Å². The number of ether oxygens (including phenoxy) is 2. The van der Waals surface area contributed by atoms with Gasteiger partial charge in [-0.2, -0.15) is 0 Å². The molecule has 0 radical (unpaired) electrons. The van der Waals surface area contributed by atoms with Crippen molar-refractivity contribution in [2.75, 3.05) is 13.2 Å². The molecule has 110 valence electrons. The largest absolute Gasteiger partial charge is 0.486 e. The summed E-state index contributed by atoms with van der Waals surface area (Å²) in [6.45, 7) is 5.40. The maximum atomic E-state index is 6.15. The molecule has 3 nitrogen and oxygen atoms in total. The van der Waals surface area contributed by atoms with Gasteiger partial charge in [-0.25, -0.2) is 0 Å². The third kappa shape index (κ3) is 2.74. The summed E-state index contributed by atoms with van der Waals surface area (Å²) in [5, 5.41) is 0. The summed E-state index contributed by atoms with van der Waals surface area (Å²) < 4.78 is 12.0. The van der Waals surface area contributed by atoms with Crippen LogP contribution in [-0.4, -0.2) is 19.3 Å². The summed E-state index contributed by atoms with van der Waals surface area (Å²) in [5.74, 6) is 1.66. The second kappa shape index (κ2) is 5.78. The quantitative estimate of drug-likeness (QED) is 0.938. The van der Waals surface area contributed by atoms with E-state index in [0.717, 1.165) is 23.5 Å². The van der Waals surface area contributed by atoms with Crippen molar-refractivity contribution < 1.29 is 9.47 Å². The maximum absolute atomic E-state index is 6.15. The molecule has 0 amide bonds. The number of rotatable bonds is 3. The Morgan fingerprint density at radius 3 is 2.81 bits per heavy atom. The molecule has 0 fully saturated rings. The zero-order valence-corrected chi connectivity index (χ0v) is 12.6. The van der Waals surface area contributed by atoms with Crippen LogP contribution < -0.4 is 15.2 Å². The molecule has 2 aromatic rings. The van der Waals surface area contributed by atoms with Crippen LogP contribution in [0.5, 0.6) is 11.5 Å². The van der Waals surface area contributed by atoms with Crippen LogP contribution in [0.2, 0.25) is 0 Å². The molecule has 2 aromatic carbocycles. The maximum Gasteiger partial charge on any atom is 0.169 e. The zero-order valence-electron chi connectivity index (χ0n) is 12.6. The molecule has 21 heavy (non-hydrogen) atoms. The molecule has 1 atom stereocenters. The summed E-state index contributed by atoms with van der Waals surface area (Å²) in [4.78, 5) is 0. The zero-order chi connectivity index (χ0) is 14.8. The average molecular weight is 283 g/mol. The molecule has 3 rings (SSSR count). The number of para-hydroxylation sites is 1. The Kier molecular flexibility index (Phi) is 3.84. The van der Waals surface area contributed by atoms with E-state index in [1.54, 1.807) is 0 Å². The first-order valence-electron chi connectivity index (χ1n) is 7.39. The van der Waals surface area contributed by atoms with Crippen LogP contribution in [0.15, 0.2) is 36.4 Å². The van der Waals surface area contributed by atoms with Crippen molar-refractivity contribution in [3.05, 3.63) is 47.5 Å². The van der Waals surface area contributed by atoms with Crippen LogP contribution in [0.25, 0.3) is 11.1 Å². The van der Waals surface area contributed by atoms with E-state index >= 15 is 0 Å². The van der Waals surface area contributed by atoms with Gasteiger partial charge in [0, 0.05) is 5.56 Å². The van der Waals surface area contributed by atoms with Crippen LogP contribution >= 0.6 is 0 Å². The lowest BCUT2D eigenvalue weighted by Crippen LogP contribution is -2.31. The predicted molar refractivity (Wildman–Crippen MR) is 84.9 cm³/mol. The van der Waals surface area contributed by atoms with Crippen molar-refractivity contribution >= 4 is 0 Å². The Hall–Kier alpha value is -2.00. The van der Waals surface area contributed by atoms with Crippen molar-refractivity contribution in [1.82, 2.24) is 0 Å². The van der Waals surface area contributed by atoms with E-state index in [9.17, 15) is 0 Å². The SMILES string of the molecule is Cc1ccc(C)c(-c2cccc3c2OC(CCN)CO3)c1. The molecule has 0 saturated carbocycles. The minimum absolute atomic E-state index is 0.0359. The lowest BCUT2D eigenvalue weighted by Gasteiger charge is -2.28. The van der Waals surface area contributed by atoms with Crippen molar-refractivity contribution in [2.24, 2.45) is 5.73 Å². The summed E-state index contributed by atoms with van der Waals surface area (Å²) in [6, 6.07) is 12.5. The molecule has 0 saturated heterocycles. The third-order valence-electron chi connectivity index (χ3n) is 3.86. The number of benzene rings is 2. The molecule has 1 aliphatic rings. The molecule has 0 aliphatic carbocycles. The Balaban J connectivity index is 2.06. The molecule has 2 N–H and O–H groups in total. The summed E-state index contributed by atoms with van der Waals surface area (Å²) in [6.07, 6.45) is 0.842. The minimum Gasteiger partial charge on any atom is -0.486 e. The Morgan fingerprint density at radius 2 is 2.00 bits per heavy atom. The van der Waals surface area contributed by atoms with Gasteiger partial charge in [-0.05, 0) is 44.0 Å². The third-order valence-corrected chi connectivity index (χ3v) is 3.86. The molecule has 0 spiro atoms. The van der Waals surface area contributed by atoms with Crippen LogP contribution in [0.4, 0.5) is 0 Å². The lowest BCUT2D eigenvalue weighted by molar-refractivity contribution is 0.0873. The molecular weight excluding hydrogens is 262 g/mol. The standard InChI is InChI=1S/C18H21NO2/c1-12-6-7-13(2)16(10-12)15-4-3-5-17-18(15)21-14(8-9-19)11-20-17/h3-7,10,14H,8-9,11,19H2,1-2H3. The van der Waals surface area contributed by atoms with Gasteiger partial charge in [0.25, 0.3) is 0 Å². The number of nitrogens with two attached hydrogens (primary N) is 1. The molecule has 3 heteroatoms. The fourth-order valence-corrected chi connectivity index (χ4v) is 2.70. The highest BCUT2D eigenvalue weighted by atomic mass is 16.6. The predicted octanol–water partition coefficient (Wildman–Crippen LogP) is 3.46. The van der Waals surface area contributed by atoms with E-state index in [1.807, 2.05) is 12.1 Å². The van der Waals surface area contributed by atoms with Crippen molar-refractivity contribution in [3.8, 4) is 22.6 Å². The summed E-state index contributed by atoms with van der Waals surface area (Å²) in [7, 11) is 0. The van der Waals surface area contributed by atoms with E-state index < -0.39 is 0 Å². The molecular formula is C18H21NO2. The number of hydrogen-bond donors (Lipinski definition) is 1. The Morgan fingerprint density at radius 1 is 1.14 bits per heavy atom. The van der Waals surface area contributed by atoms with Crippen molar-refractivity contribution in [3.63, 3.8) is 0 Å². The minimum atomic E-state index is 0.0359. The van der Waals surface area contributed by atoms with Crippen LogP contribution in [-0.2, 0) is 0 Å². The van der Waals surface area contributed by atoms with Gasteiger partial charge in [0.1, 0.15) is 12.7 Å². The number of fused-ring (bicyclic) bond motifs is 1.